The molecule has 0 fully saturated rings. The van der Waals surface area contributed by atoms with Gasteiger partial charge in [-0.1, -0.05) is 30.8 Å². The summed E-state index contributed by atoms with van der Waals surface area (Å²) in [5.41, 5.74) is 2.89. The van der Waals surface area contributed by atoms with E-state index in [1.165, 1.54) is 18.9 Å². The van der Waals surface area contributed by atoms with Crippen LogP contribution in [0.5, 0.6) is 5.75 Å². The van der Waals surface area contributed by atoms with Crippen LogP contribution in [0.2, 0.25) is 0 Å². The Morgan fingerprint density at radius 2 is 1.93 bits per heavy atom. The molecule has 0 saturated carbocycles. The van der Waals surface area contributed by atoms with E-state index in [0.717, 1.165) is 22.2 Å². The summed E-state index contributed by atoms with van der Waals surface area (Å²) in [6.07, 6.45) is 0.809. The monoisotopic (exact) mass is 415 g/mol. The molecular weight excluding hydrogens is 390 g/mol. The number of amidine groups is 1. The number of nitrogens with zero attached hydrogens (tertiary/aromatic N) is 2. The van der Waals surface area contributed by atoms with Gasteiger partial charge in [0.05, 0.1) is 38.0 Å². The Morgan fingerprint density at radius 1 is 1.21 bits per heavy atom. The molecule has 1 atom stereocenters. The molecule has 2 aliphatic rings. The van der Waals surface area contributed by atoms with Gasteiger partial charge in [0.25, 0.3) is 0 Å². The van der Waals surface area contributed by atoms with Gasteiger partial charge < -0.3 is 19.7 Å². The first-order valence-electron chi connectivity index (χ1n) is 9.49. The number of hydrogen-bond donors (Lipinski definition) is 1. The third kappa shape index (κ3) is 4.17. The Hall–Kier alpha value is -2.74. The van der Waals surface area contributed by atoms with Crippen LogP contribution in [0.3, 0.4) is 0 Å². The van der Waals surface area contributed by atoms with Gasteiger partial charge in [-0.3, -0.25) is 4.79 Å². The van der Waals surface area contributed by atoms with Gasteiger partial charge in [0, 0.05) is 12.2 Å². The number of amides is 1. The highest BCUT2D eigenvalue weighted by Gasteiger charge is 2.41. The fourth-order valence-electron chi connectivity index (χ4n) is 3.44. The minimum Gasteiger partial charge on any atom is -0.497 e. The molecule has 3 rings (SSSR count). The molecular formula is C21H25N3O4S. The van der Waals surface area contributed by atoms with Crippen molar-refractivity contribution in [3.05, 3.63) is 52.2 Å². The van der Waals surface area contributed by atoms with Crippen LogP contribution in [-0.4, -0.2) is 42.7 Å². The number of nitrogens with one attached hydrogen (secondary N) is 1. The number of carbonyl (C=O) groups excluding carboxylic acids is 2. The topological polar surface area (TPSA) is 80.2 Å². The molecule has 1 aromatic carbocycles. The number of hydrogen-bond acceptors (Lipinski definition) is 7. The lowest BCUT2D eigenvalue weighted by atomic mass is 9.93. The second kappa shape index (κ2) is 9.17. The summed E-state index contributed by atoms with van der Waals surface area (Å²) in [4.78, 5) is 31.7. The quantitative estimate of drug-likeness (QED) is 0.688. The van der Waals surface area contributed by atoms with Crippen LogP contribution in [0, 0.1) is 0 Å². The van der Waals surface area contributed by atoms with E-state index in [4.69, 9.17) is 14.5 Å². The molecule has 0 aliphatic carbocycles. The number of allylic oxidation sites excluding steroid dienone is 1. The van der Waals surface area contributed by atoms with Gasteiger partial charge in [-0.15, -0.1) is 0 Å². The van der Waals surface area contributed by atoms with Crippen molar-refractivity contribution in [2.75, 3.05) is 20.8 Å². The molecule has 7 nitrogen and oxygen atoms in total. The van der Waals surface area contributed by atoms with E-state index in [1.807, 2.05) is 48.4 Å². The van der Waals surface area contributed by atoms with E-state index in [1.54, 1.807) is 7.11 Å². The molecule has 0 saturated heterocycles. The summed E-state index contributed by atoms with van der Waals surface area (Å²) in [5.74, 6) is 0.241. The van der Waals surface area contributed by atoms with Crippen molar-refractivity contribution in [3.63, 3.8) is 0 Å². The van der Waals surface area contributed by atoms with Gasteiger partial charge in [0.1, 0.15) is 5.75 Å². The number of benzene rings is 1. The van der Waals surface area contributed by atoms with Crippen molar-refractivity contribution in [2.24, 2.45) is 4.99 Å². The third-order valence-corrected chi connectivity index (χ3v) is 5.67. The van der Waals surface area contributed by atoms with Crippen LogP contribution in [-0.2, 0) is 14.3 Å². The number of rotatable bonds is 7. The van der Waals surface area contributed by atoms with E-state index in [2.05, 4.69) is 5.32 Å². The van der Waals surface area contributed by atoms with E-state index < -0.39 is 12.0 Å². The summed E-state index contributed by atoms with van der Waals surface area (Å²) in [6, 6.07) is 7.14. The standard InChI is InChI=1S/C21H25N3O4S/c1-5-16-18(20(26)28-4)19(13-7-9-15(27-3)10-8-13)24-14(11-17(25)22-6-2)12-29-21(24)23-16/h7-10,12,19H,5-6,11H2,1-4H3,(H,22,25). The minimum absolute atomic E-state index is 0.0704. The average molecular weight is 416 g/mol. The van der Waals surface area contributed by atoms with Gasteiger partial charge >= 0.3 is 5.97 Å². The predicted molar refractivity (Wildman–Crippen MR) is 113 cm³/mol. The van der Waals surface area contributed by atoms with Gasteiger partial charge in [0.15, 0.2) is 5.17 Å². The molecule has 1 aromatic rings. The van der Waals surface area contributed by atoms with E-state index in [-0.39, 0.29) is 12.3 Å². The maximum atomic E-state index is 12.8. The molecule has 8 heteroatoms. The zero-order chi connectivity index (χ0) is 21.0. The summed E-state index contributed by atoms with van der Waals surface area (Å²) in [6.45, 7) is 4.41. The van der Waals surface area contributed by atoms with Gasteiger partial charge in [-0.2, -0.15) is 0 Å². The Labute approximate surface area is 174 Å². The van der Waals surface area contributed by atoms with Crippen LogP contribution in [0.1, 0.15) is 38.3 Å². The summed E-state index contributed by atoms with van der Waals surface area (Å²) in [5, 5.41) is 5.51. The van der Waals surface area contributed by atoms with Crippen molar-refractivity contribution in [1.82, 2.24) is 10.2 Å². The number of fused-ring (bicyclic) bond motifs is 1. The Bertz CT molecular complexity index is 890. The molecule has 1 amide bonds. The lowest BCUT2D eigenvalue weighted by Gasteiger charge is -2.36. The Kier molecular flexibility index (Phi) is 6.64. The molecule has 2 heterocycles. The summed E-state index contributed by atoms with van der Waals surface area (Å²) >= 11 is 1.46. The minimum atomic E-state index is -0.425. The second-order valence-corrected chi connectivity index (χ2v) is 7.34. The first kappa shape index (κ1) is 21.0. The molecule has 0 radical (unpaired) electrons. The maximum absolute atomic E-state index is 12.8. The highest BCUT2D eigenvalue weighted by Crippen LogP contribution is 2.45. The number of ether oxygens (including phenoxy) is 2. The average Bonchev–Trinajstić information content (AvgIpc) is 3.14. The highest BCUT2D eigenvalue weighted by atomic mass is 32.2. The van der Waals surface area contributed by atoms with Gasteiger partial charge in [0.2, 0.25) is 5.91 Å². The number of methoxy groups -OCH3 is 2. The first-order chi connectivity index (χ1) is 14.0. The van der Waals surface area contributed by atoms with Crippen molar-refractivity contribution < 1.29 is 19.1 Å². The number of thioether (sulfide) groups is 1. The summed E-state index contributed by atoms with van der Waals surface area (Å²) < 4.78 is 10.4. The first-order valence-corrected chi connectivity index (χ1v) is 10.4. The normalized spacial score (nSPS) is 18.1. The van der Waals surface area contributed by atoms with Crippen molar-refractivity contribution in [1.29, 1.82) is 0 Å². The third-order valence-electron chi connectivity index (χ3n) is 4.78. The Morgan fingerprint density at radius 3 is 2.52 bits per heavy atom. The summed E-state index contributed by atoms with van der Waals surface area (Å²) in [7, 11) is 2.98. The Balaban J connectivity index is 2.08. The number of aliphatic imine (C=N–C) groups is 1. The predicted octanol–water partition coefficient (Wildman–Crippen LogP) is 3.36. The van der Waals surface area contributed by atoms with E-state index in [9.17, 15) is 9.59 Å². The molecule has 154 valence electrons. The van der Waals surface area contributed by atoms with Crippen LogP contribution in [0.25, 0.3) is 0 Å². The van der Waals surface area contributed by atoms with Crippen molar-refractivity contribution >= 4 is 28.8 Å². The molecule has 0 spiro atoms. The zero-order valence-corrected chi connectivity index (χ0v) is 17.8. The van der Waals surface area contributed by atoms with Crippen molar-refractivity contribution in [3.8, 4) is 5.75 Å². The van der Waals surface area contributed by atoms with Crippen LogP contribution in [0.15, 0.2) is 51.6 Å². The van der Waals surface area contributed by atoms with E-state index >= 15 is 0 Å². The fourth-order valence-corrected chi connectivity index (χ4v) is 4.38. The van der Waals surface area contributed by atoms with E-state index in [0.29, 0.717) is 24.2 Å². The highest BCUT2D eigenvalue weighted by molar-refractivity contribution is 8.16. The number of esters is 1. The molecule has 29 heavy (non-hydrogen) atoms. The zero-order valence-electron chi connectivity index (χ0n) is 17.0. The lowest BCUT2D eigenvalue weighted by molar-refractivity contribution is -0.136. The van der Waals surface area contributed by atoms with Gasteiger partial charge in [-0.05, 0) is 36.4 Å². The van der Waals surface area contributed by atoms with Crippen molar-refractivity contribution in [2.45, 2.75) is 32.7 Å². The number of carbonyl (C=O) groups is 2. The second-order valence-electron chi connectivity index (χ2n) is 6.50. The molecule has 2 aliphatic heterocycles. The molecule has 1 unspecified atom stereocenters. The molecule has 0 bridgehead atoms. The lowest BCUT2D eigenvalue weighted by Crippen LogP contribution is -2.38. The SMILES string of the molecule is CCNC(=O)CC1=CSC2=NC(CC)=C(C(=O)OC)C(c3ccc(OC)cc3)N12. The smallest absolute Gasteiger partial charge is 0.338 e. The largest absolute Gasteiger partial charge is 0.497 e. The molecule has 0 aromatic heterocycles. The maximum Gasteiger partial charge on any atom is 0.338 e. The van der Waals surface area contributed by atoms with Crippen LogP contribution in [0.4, 0.5) is 0 Å². The van der Waals surface area contributed by atoms with Crippen LogP contribution < -0.4 is 10.1 Å². The van der Waals surface area contributed by atoms with Gasteiger partial charge in [-0.25, -0.2) is 9.79 Å². The molecule has 1 N–H and O–H groups in total. The van der Waals surface area contributed by atoms with Crippen LogP contribution >= 0.6 is 11.8 Å². The fraction of sp³-hybridized carbons (Fsp3) is 0.381.